The van der Waals surface area contributed by atoms with Crippen molar-refractivity contribution in [1.29, 1.82) is 0 Å². The number of aromatic hydroxyl groups is 1. The Morgan fingerprint density at radius 3 is 2.73 bits per heavy atom. The third-order valence-electron chi connectivity index (χ3n) is 4.85. The van der Waals surface area contributed by atoms with Crippen molar-refractivity contribution in [3.63, 3.8) is 0 Å². The van der Waals surface area contributed by atoms with Crippen LogP contribution in [0, 0.1) is 5.82 Å². The lowest BCUT2D eigenvalue weighted by atomic mass is 9.92. The SMILES string of the molecule is Oc1cc(F)ccc1-c1nnc(N[C@H]2CCCC[C@H]2O)c2ccncc12. The molecule has 134 valence electrons. The summed E-state index contributed by atoms with van der Waals surface area (Å²) in [5, 5.41) is 33.6. The van der Waals surface area contributed by atoms with E-state index in [-0.39, 0.29) is 11.8 Å². The number of phenols is 1. The van der Waals surface area contributed by atoms with Crippen LogP contribution in [0.1, 0.15) is 25.7 Å². The third kappa shape index (κ3) is 3.06. The maximum Gasteiger partial charge on any atom is 0.157 e. The number of aliphatic hydroxyl groups is 1. The fraction of sp³-hybridized carbons (Fsp3) is 0.316. The van der Waals surface area contributed by atoms with E-state index in [1.54, 1.807) is 12.4 Å². The van der Waals surface area contributed by atoms with Gasteiger partial charge in [-0.3, -0.25) is 4.98 Å². The van der Waals surface area contributed by atoms with E-state index < -0.39 is 11.9 Å². The Labute approximate surface area is 149 Å². The van der Waals surface area contributed by atoms with Crippen molar-refractivity contribution in [3.8, 4) is 17.0 Å². The molecule has 2 aromatic heterocycles. The highest BCUT2D eigenvalue weighted by atomic mass is 19.1. The first-order valence-electron chi connectivity index (χ1n) is 8.67. The zero-order valence-electron chi connectivity index (χ0n) is 14.1. The number of rotatable bonds is 3. The number of fused-ring (bicyclic) bond motifs is 1. The molecule has 1 aliphatic carbocycles. The molecule has 6 nitrogen and oxygen atoms in total. The second-order valence-corrected chi connectivity index (χ2v) is 6.58. The molecule has 2 heterocycles. The highest BCUT2D eigenvalue weighted by Gasteiger charge is 2.24. The van der Waals surface area contributed by atoms with Crippen LogP contribution in [0.15, 0.2) is 36.7 Å². The first-order valence-corrected chi connectivity index (χ1v) is 8.67. The Morgan fingerprint density at radius 1 is 1.08 bits per heavy atom. The lowest BCUT2D eigenvalue weighted by Crippen LogP contribution is -2.36. The number of halogens is 1. The summed E-state index contributed by atoms with van der Waals surface area (Å²) in [5.41, 5.74) is 0.821. The number of aliphatic hydroxyl groups excluding tert-OH is 1. The van der Waals surface area contributed by atoms with Crippen molar-refractivity contribution in [2.75, 3.05) is 5.32 Å². The number of nitrogens with one attached hydrogen (secondary N) is 1. The van der Waals surface area contributed by atoms with Crippen molar-refractivity contribution >= 4 is 16.6 Å². The minimum atomic E-state index is -0.522. The van der Waals surface area contributed by atoms with Gasteiger partial charge < -0.3 is 15.5 Å². The number of hydrogen-bond acceptors (Lipinski definition) is 6. The van der Waals surface area contributed by atoms with Gasteiger partial charge in [0.1, 0.15) is 17.3 Å². The van der Waals surface area contributed by atoms with Gasteiger partial charge in [-0.2, -0.15) is 0 Å². The summed E-state index contributed by atoms with van der Waals surface area (Å²) >= 11 is 0. The van der Waals surface area contributed by atoms with Crippen LogP contribution in [0.25, 0.3) is 22.0 Å². The number of phenolic OH excluding ortho intramolecular Hbond substituents is 1. The van der Waals surface area contributed by atoms with Crippen molar-refractivity contribution in [2.24, 2.45) is 0 Å². The van der Waals surface area contributed by atoms with E-state index >= 15 is 0 Å². The van der Waals surface area contributed by atoms with Gasteiger partial charge >= 0.3 is 0 Å². The minimum Gasteiger partial charge on any atom is -0.507 e. The van der Waals surface area contributed by atoms with E-state index in [1.807, 2.05) is 6.07 Å². The molecule has 1 aromatic carbocycles. The third-order valence-corrected chi connectivity index (χ3v) is 4.85. The van der Waals surface area contributed by atoms with Crippen molar-refractivity contribution < 1.29 is 14.6 Å². The predicted octanol–water partition coefficient (Wildman–Crippen LogP) is 3.25. The molecule has 1 aliphatic rings. The second-order valence-electron chi connectivity index (χ2n) is 6.58. The lowest BCUT2D eigenvalue weighted by molar-refractivity contribution is 0.116. The molecule has 3 N–H and O–H groups in total. The van der Waals surface area contributed by atoms with Gasteiger partial charge in [-0.1, -0.05) is 12.8 Å². The number of nitrogens with zero attached hydrogens (tertiary/aromatic N) is 3. The number of benzene rings is 1. The molecule has 0 saturated heterocycles. The molecule has 0 amide bonds. The molecule has 3 aromatic rings. The molecule has 7 heteroatoms. The highest BCUT2D eigenvalue weighted by molar-refractivity contribution is 6.00. The topological polar surface area (TPSA) is 91.2 Å². The van der Waals surface area contributed by atoms with Gasteiger partial charge in [-0.15, -0.1) is 10.2 Å². The van der Waals surface area contributed by atoms with Gasteiger partial charge in [0, 0.05) is 34.8 Å². The summed E-state index contributed by atoms with van der Waals surface area (Å²) in [4.78, 5) is 4.15. The van der Waals surface area contributed by atoms with Crippen LogP contribution in [0.2, 0.25) is 0 Å². The Bertz CT molecular complexity index is 950. The average Bonchev–Trinajstić information content (AvgIpc) is 2.64. The maximum atomic E-state index is 13.3. The normalized spacial score (nSPS) is 20.2. The lowest BCUT2D eigenvalue weighted by Gasteiger charge is -2.29. The van der Waals surface area contributed by atoms with Gasteiger partial charge in [0.15, 0.2) is 5.82 Å². The Morgan fingerprint density at radius 2 is 1.92 bits per heavy atom. The molecule has 26 heavy (non-hydrogen) atoms. The number of anilines is 1. The Hall–Kier alpha value is -2.80. The summed E-state index contributed by atoms with van der Waals surface area (Å²) in [5.74, 6) is -0.155. The highest BCUT2D eigenvalue weighted by Crippen LogP contribution is 2.35. The molecule has 0 aliphatic heterocycles. The summed E-state index contributed by atoms with van der Waals surface area (Å²) in [6.07, 6.45) is 6.61. The van der Waals surface area contributed by atoms with Crippen LogP contribution in [0.4, 0.5) is 10.2 Å². The number of aromatic nitrogens is 3. The molecule has 1 saturated carbocycles. The Kier molecular flexibility index (Phi) is 4.38. The summed E-state index contributed by atoms with van der Waals surface area (Å²) in [6.45, 7) is 0. The van der Waals surface area contributed by atoms with Crippen molar-refractivity contribution in [3.05, 3.63) is 42.5 Å². The van der Waals surface area contributed by atoms with E-state index in [1.165, 1.54) is 12.1 Å². The number of pyridine rings is 1. The molecule has 0 spiro atoms. The summed E-state index contributed by atoms with van der Waals surface area (Å²) in [7, 11) is 0. The van der Waals surface area contributed by atoms with E-state index in [2.05, 4.69) is 20.5 Å². The van der Waals surface area contributed by atoms with Gasteiger partial charge in [-0.05, 0) is 31.0 Å². The van der Waals surface area contributed by atoms with E-state index in [4.69, 9.17) is 0 Å². The zero-order valence-corrected chi connectivity index (χ0v) is 14.1. The first-order chi connectivity index (χ1) is 12.6. The molecule has 1 fully saturated rings. The van der Waals surface area contributed by atoms with Gasteiger partial charge in [0.05, 0.1) is 12.1 Å². The van der Waals surface area contributed by atoms with Crippen LogP contribution in [-0.2, 0) is 0 Å². The van der Waals surface area contributed by atoms with Crippen LogP contribution in [-0.4, -0.2) is 37.5 Å². The van der Waals surface area contributed by atoms with Crippen LogP contribution in [0.3, 0.4) is 0 Å². The maximum absolute atomic E-state index is 13.3. The molecule has 0 unspecified atom stereocenters. The van der Waals surface area contributed by atoms with Gasteiger partial charge in [-0.25, -0.2) is 4.39 Å². The average molecular weight is 354 g/mol. The molecule has 0 radical (unpaired) electrons. The van der Waals surface area contributed by atoms with Gasteiger partial charge in [0.2, 0.25) is 0 Å². The first kappa shape index (κ1) is 16.7. The predicted molar refractivity (Wildman–Crippen MR) is 96.3 cm³/mol. The van der Waals surface area contributed by atoms with Crippen LogP contribution >= 0.6 is 0 Å². The monoisotopic (exact) mass is 354 g/mol. The van der Waals surface area contributed by atoms with Crippen LogP contribution in [0.5, 0.6) is 5.75 Å². The zero-order chi connectivity index (χ0) is 18.1. The fourth-order valence-corrected chi connectivity index (χ4v) is 3.46. The van der Waals surface area contributed by atoms with E-state index in [0.717, 1.165) is 37.1 Å². The number of hydrogen-bond donors (Lipinski definition) is 3. The molecular weight excluding hydrogens is 335 g/mol. The smallest absolute Gasteiger partial charge is 0.157 e. The Balaban J connectivity index is 1.78. The van der Waals surface area contributed by atoms with E-state index in [9.17, 15) is 14.6 Å². The second kappa shape index (κ2) is 6.84. The molecular formula is C19H19FN4O2. The van der Waals surface area contributed by atoms with Crippen molar-refractivity contribution in [1.82, 2.24) is 15.2 Å². The molecule has 2 atom stereocenters. The van der Waals surface area contributed by atoms with Crippen LogP contribution < -0.4 is 5.32 Å². The standard InChI is InChI=1S/C19H19FN4O2/c20-11-5-6-13(17(26)9-11)18-14-10-21-8-7-12(14)19(24-23-18)22-15-3-1-2-4-16(15)25/h5-10,15-16,25-26H,1-4H2,(H,22,24)/t15-,16+/m0/s1. The quantitative estimate of drug-likeness (QED) is 0.669. The molecule has 0 bridgehead atoms. The minimum absolute atomic E-state index is 0.0699. The largest absolute Gasteiger partial charge is 0.507 e. The fourth-order valence-electron chi connectivity index (χ4n) is 3.46. The molecule has 4 rings (SSSR count). The van der Waals surface area contributed by atoms with Gasteiger partial charge in [0.25, 0.3) is 0 Å². The van der Waals surface area contributed by atoms with E-state index in [0.29, 0.717) is 22.5 Å². The summed E-state index contributed by atoms with van der Waals surface area (Å²) < 4.78 is 13.3. The van der Waals surface area contributed by atoms with Crippen molar-refractivity contribution in [2.45, 2.75) is 37.8 Å². The summed E-state index contributed by atoms with van der Waals surface area (Å²) in [6, 6.07) is 5.53.